The third kappa shape index (κ3) is 1.30. The van der Waals surface area contributed by atoms with E-state index in [1.807, 2.05) is 6.08 Å². The van der Waals surface area contributed by atoms with Gasteiger partial charge >= 0.3 is 5.97 Å². The second kappa shape index (κ2) is 2.68. The summed E-state index contributed by atoms with van der Waals surface area (Å²) in [7, 11) is 0. The lowest BCUT2D eigenvalue weighted by molar-refractivity contribution is -0.140. The van der Waals surface area contributed by atoms with Gasteiger partial charge in [-0.1, -0.05) is 6.08 Å². The van der Waals surface area contributed by atoms with Crippen LogP contribution < -0.4 is 0 Å². The monoisotopic (exact) mass is 152 g/mol. The lowest BCUT2D eigenvalue weighted by Gasteiger charge is -2.09. The number of esters is 1. The molecular formula is C9H12O2. The smallest absolute Gasteiger partial charge is 0.306 e. The number of hydrogen-bond donors (Lipinski definition) is 0. The van der Waals surface area contributed by atoms with Crippen molar-refractivity contribution in [2.24, 2.45) is 5.92 Å². The van der Waals surface area contributed by atoms with Crippen LogP contribution in [0.15, 0.2) is 12.2 Å². The summed E-state index contributed by atoms with van der Waals surface area (Å²) in [6.07, 6.45) is 8.40. The Hall–Kier alpha value is -0.790. The second-order valence-corrected chi connectivity index (χ2v) is 3.28. The summed E-state index contributed by atoms with van der Waals surface area (Å²) in [5.74, 6) is 0.452. The maximum atomic E-state index is 10.9. The van der Waals surface area contributed by atoms with Gasteiger partial charge in [0.15, 0.2) is 0 Å². The molecule has 0 radical (unpaired) electrons. The topological polar surface area (TPSA) is 26.3 Å². The predicted octanol–water partition coefficient (Wildman–Crippen LogP) is 1.66. The zero-order valence-electron chi connectivity index (χ0n) is 6.45. The summed E-state index contributed by atoms with van der Waals surface area (Å²) < 4.78 is 5.12. The van der Waals surface area contributed by atoms with Gasteiger partial charge in [-0.3, -0.25) is 4.79 Å². The van der Waals surface area contributed by atoms with Gasteiger partial charge in [-0.05, 0) is 25.3 Å². The first kappa shape index (κ1) is 6.89. The molecule has 0 bridgehead atoms. The summed E-state index contributed by atoms with van der Waals surface area (Å²) in [6.45, 7) is 0. The van der Waals surface area contributed by atoms with E-state index in [1.54, 1.807) is 0 Å². The Labute approximate surface area is 66.2 Å². The lowest BCUT2D eigenvalue weighted by Crippen LogP contribution is -2.11. The van der Waals surface area contributed by atoms with Crippen molar-refractivity contribution in [2.75, 3.05) is 0 Å². The van der Waals surface area contributed by atoms with E-state index in [2.05, 4.69) is 6.08 Å². The van der Waals surface area contributed by atoms with Gasteiger partial charge in [0, 0.05) is 5.92 Å². The van der Waals surface area contributed by atoms with Crippen molar-refractivity contribution in [1.29, 1.82) is 0 Å². The fourth-order valence-electron chi connectivity index (χ4n) is 1.82. The average molecular weight is 152 g/mol. The highest BCUT2D eigenvalue weighted by Gasteiger charge is 2.32. The van der Waals surface area contributed by atoms with Crippen LogP contribution in [-0.2, 0) is 9.53 Å². The maximum absolute atomic E-state index is 10.9. The zero-order chi connectivity index (χ0) is 7.68. The Morgan fingerprint density at radius 2 is 2.45 bits per heavy atom. The van der Waals surface area contributed by atoms with Crippen LogP contribution >= 0.6 is 0 Å². The molecule has 0 N–H and O–H groups in total. The largest absolute Gasteiger partial charge is 0.458 e. The van der Waals surface area contributed by atoms with Crippen LogP contribution in [0.3, 0.4) is 0 Å². The minimum absolute atomic E-state index is 0.0217. The summed E-state index contributed by atoms with van der Waals surface area (Å²) in [6, 6.07) is 0. The number of rotatable bonds is 0. The molecule has 0 saturated carbocycles. The minimum Gasteiger partial charge on any atom is -0.458 e. The van der Waals surface area contributed by atoms with E-state index in [-0.39, 0.29) is 12.1 Å². The molecule has 11 heavy (non-hydrogen) atoms. The maximum Gasteiger partial charge on any atom is 0.306 e. The Kier molecular flexibility index (Phi) is 1.68. The molecule has 1 heterocycles. The number of carbonyl (C=O) groups excluding carboxylic acids is 1. The Morgan fingerprint density at radius 1 is 1.55 bits per heavy atom. The molecule has 0 unspecified atom stereocenters. The van der Waals surface area contributed by atoms with Gasteiger partial charge in [-0.25, -0.2) is 0 Å². The Bertz CT molecular complexity index is 196. The predicted molar refractivity (Wildman–Crippen MR) is 41.0 cm³/mol. The van der Waals surface area contributed by atoms with Gasteiger partial charge in [0.25, 0.3) is 0 Å². The first-order valence-electron chi connectivity index (χ1n) is 4.22. The van der Waals surface area contributed by atoms with E-state index in [9.17, 15) is 4.79 Å². The molecule has 0 spiro atoms. The Morgan fingerprint density at radius 3 is 3.36 bits per heavy atom. The van der Waals surface area contributed by atoms with E-state index < -0.39 is 0 Å². The van der Waals surface area contributed by atoms with Crippen LogP contribution in [0.2, 0.25) is 0 Å². The number of fused-ring (bicyclic) bond motifs is 1. The molecule has 1 saturated heterocycles. The molecule has 2 rings (SSSR count). The molecule has 2 heteroatoms. The van der Waals surface area contributed by atoms with E-state index in [0.29, 0.717) is 12.3 Å². The molecular weight excluding hydrogens is 140 g/mol. The molecule has 1 aliphatic carbocycles. The van der Waals surface area contributed by atoms with Crippen LogP contribution in [0.5, 0.6) is 0 Å². The second-order valence-electron chi connectivity index (χ2n) is 3.28. The van der Waals surface area contributed by atoms with Crippen molar-refractivity contribution in [3.8, 4) is 0 Å². The van der Waals surface area contributed by atoms with Crippen LogP contribution in [0, 0.1) is 5.92 Å². The number of hydrogen-bond acceptors (Lipinski definition) is 2. The van der Waals surface area contributed by atoms with Crippen molar-refractivity contribution in [2.45, 2.75) is 31.8 Å². The average Bonchev–Trinajstić information content (AvgIpc) is 2.17. The van der Waals surface area contributed by atoms with Crippen molar-refractivity contribution < 1.29 is 9.53 Å². The third-order valence-electron chi connectivity index (χ3n) is 2.43. The van der Waals surface area contributed by atoms with Gasteiger partial charge in [0.05, 0.1) is 6.42 Å². The summed E-state index contributed by atoms with van der Waals surface area (Å²) in [5, 5.41) is 0. The molecule has 2 aliphatic rings. The Balaban J connectivity index is 2.11. The van der Waals surface area contributed by atoms with Crippen LogP contribution in [0.25, 0.3) is 0 Å². The molecule has 1 fully saturated rings. The van der Waals surface area contributed by atoms with Gasteiger partial charge in [0.2, 0.25) is 0 Å². The van der Waals surface area contributed by atoms with Gasteiger partial charge in [-0.15, -0.1) is 0 Å². The van der Waals surface area contributed by atoms with Gasteiger partial charge in [-0.2, -0.15) is 0 Å². The molecule has 1 aliphatic heterocycles. The number of ether oxygens (including phenoxy) is 1. The SMILES string of the molecule is O=C1C[C@H]2CCCC=C[C@H]2O1. The quantitative estimate of drug-likeness (QED) is 0.390. The van der Waals surface area contributed by atoms with Crippen molar-refractivity contribution >= 4 is 5.97 Å². The molecule has 2 atom stereocenters. The minimum atomic E-state index is -0.0217. The molecule has 60 valence electrons. The molecule has 0 aromatic rings. The highest BCUT2D eigenvalue weighted by Crippen LogP contribution is 2.30. The van der Waals surface area contributed by atoms with E-state index in [0.717, 1.165) is 12.8 Å². The van der Waals surface area contributed by atoms with Crippen LogP contribution in [-0.4, -0.2) is 12.1 Å². The van der Waals surface area contributed by atoms with Crippen molar-refractivity contribution in [1.82, 2.24) is 0 Å². The fourth-order valence-corrected chi connectivity index (χ4v) is 1.82. The molecule has 0 aromatic carbocycles. The van der Waals surface area contributed by atoms with E-state index in [1.165, 1.54) is 6.42 Å². The first-order chi connectivity index (χ1) is 5.36. The molecule has 2 nitrogen and oxygen atoms in total. The van der Waals surface area contributed by atoms with Gasteiger partial charge < -0.3 is 4.74 Å². The molecule has 0 aromatic heterocycles. The fraction of sp³-hybridized carbons (Fsp3) is 0.667. The molecule has 0 amide bonds. The van der Waals surface area contributed by atoms with E-state index >= 15 is 0 Å². The third-order valence-corrected chi connectivity index (χ3v) is 2.43. The highest BCUT2D eigenvalue weighted by molar-refractivity contribution is 5.72. The number of carbonyl (C=O) groups is 1. The summed E-state index contributed by atoms with van der Waals surface area (Å²) in [4.78, 5) is 10.9. The summed E-state index contributed by atoms with van der Waals surface area (Å²) >= 11 is 0. The van der Waals surface area contributed by atoms with Crippen LogP contribution in [0.4, 0.5) is 0 Å². The lowest BCUT2D eigenvalue weighted by atomic mass is 9.97. The number of allylic oxidation sites excluding steroid dienone is 1. The first-order valence-corrected chi connectivity index (χ1v) is 4.22. The van der Waals surface area contributed by atoms with Gasteiger partial charge in [0.1, 0.15) is 6.10 Å². The van der Waals surface area contributed by atoms with Crippen LogP contribution in [0.1, 0.15) is 25.7 Å². The standard InChI is InChI=1S/C9H12O2/c10-9-6-7-4-2-1-3-5-8(7)11-9/h3,5,7-8H,1-2,4,6H2/t7-,8-/m1/s1. The highest BCUT2D eigenvalue weighted by atomic mass is 16.5. The van der Waals surface area contributed by atoms with Crippen molar-refractivity contribution in [3.05, 3.63) is 12.2 Å². The normalized spacial score (nSPS) is 36.2. The van der Waals surface area contributed by atoms with E-state index in [4.69, 9.17) is 4.74 Å². The summed E-state index contributed by atoms with van der Waals surface area (Å²) in [5.41, 5.74) is 0. The van der Waals surface area contributed by atoms with Crippen molar-refractivity contribution in [3.63, 3.8) is 0 Å². The zero-order valence-corrected chi connectivity index (χ0v) is 6.45.